The van der Waals surface area contributed by atoms with Gasteiger partial charge < -0.3 is 15.0 Å². The van der Waals surface area contributed by atoms with E-state index < -0.39 is 0 Å². The van der Waals surface area contributed by atoms with Crippen molar-refractivity contribution >= 4 is 29.1 Å². The summed E-state index contributed by atoms with van der Waals surface area (Å²) in [5.74, 6) is 1.11. The van der Waals surface area contributed by atoms with Crippen LogP contribution in [0, 0.1) is 0 Å². The van der Waals surface area contributed by atoms with Crippen LogP contribution < -0.4 is 10.2 Å². The summed E-state index contributed by atoms with van der Waals surface area (Å²) in [6.07, 6.45) is 2.12. The predicted octanol–water partition coefficient (Wildman–Crippen LogP) is 2.88. The standard InChI is InChI=1S/C14H23ClN2OS/c1-17(7-9-19-3)14-10-13(15)5-4-12(14)11-16-6-8-18-2/h4-5,10,16H,6-9,11H2,1-3H3. The number of anilines is 1. The highest BCUT2D eigenvalue weighted by Gasteiger charge is 2.08. The minimum atomic E-state index is 0.727. The van der Waals surface area contributed by atoms with E-state index in [0.29, 0.717) is 0 Å². The zero-order valence-corrected chi connectivity index (χ0v) is 13.5. The molecule has 0 spiro atoms. The first kappa shape index (κ1) is 16.6. The monoisotopic (exact) mass is 302 g/mol. The Morgan fingerprint density at radius 1 is 1.42 bits per heavy atom. The number of rotatable bonds is 9. The van der Waals surface area contributed by atoms with Gasteiger partial charge in [-0.25, -0.2) is 0 Å². The van der Waals surface area contributed by atoms with Gasteiger partial charge in [0.05, 0.1) is 6.61 Å². The van der Waals surface area contributed by atoms with Crippen molar-refractivity contribution in [3.63, 3.8) is 0 Å². The molecule has 0 bridgehead atoms. The summed E-state index contributed by atoms with van der Waals surface area (Å²) in [6.45, 7) is 3.43. The highest BCUT2D eigenvalue weighted by Crippen LogP contribution is 2.24. The van der Waals surface area contributed by atoms with E-state index in [4.69, 9.17) is 16.3 Å². The molecule has 5 heteroatoms. The lowest BCUT2D eigenvalue weighted by Gasteiger charge is -2.22. The first-order valence-corrected chi connectivity index (χ1v) is 8.14. The molecule has 0 aliphatic rings. The van der Waals surface area contributed by atoms with Gasteiger partial charge in [-0.15, -0.1) is 0 Å². The predicted molar refractivity (Wildman–Crippen MR) is 86.7 cm³/mol. The van der Waals surface area contributed by atoms with Crippen LogP contribution in [0.2, 0.25) is 5.02 Å². The van der Waals surface area contributed by atoms with Crippen LogP contribution in [-0.2, 0) is 11.3 Å². The van der Waals surface area contributed by atoms with Gasteiger partial charge in [-0.1, -0.05) is 17.7 Å². The molecule has 19 heavy (non-hydrogen) atoms. The van der Waals surface area contributed by atoms with Gasteiger partial charge in [-0.05, 0) is 24.0 Å². The van der Waals surface area contributed by atoms with Gasteiger partial charge >= 0.3 is 0 Å². The van der Waals surface area contributed by atoms with Gasteiger partial charge in [-0.2, -0.15) is 11.8 Å². The van der Waals surface area contributed by atoms with Crippen LogP contribution in [0.1, 0.15) is 5.56 Å². The number of methoxy groups -OCH3 is 1. The lowest BCUT2D eigenvalue weighted by atomic mass is 10.1. The van der Waals surface area contributed by atoms with Crippen molar-refractivity contribution in [2.45, 2.75) is 6.54 Å². The van der Waals surface area contributed by atoms with Gasteiger partial charge in [0.25, 0.3) is 0 Å². The maximum atomic E-state index is 6.11. The topological polar surface area (TPSA) is 24.5 Å². The molecule has 0 saturated heterocycles. The Labute approximate surface area is 125 Å². The number of nitrogens with one attached hydrogen (secondary N) is 1. The minimum Gasteiger partial charge on any atom is -0.383 e. The molecule has 0 aliphatic carbocycles. The molecule has 0 radical (unpaired) electrons. The first-order chi connectivity index (χ1) is 9.19. The van der Waals surface area contributed by atoms with Gasteiger partial charge in [0.2, 0.25) is 0 Å². The normalized spacial score (nSPS) is 10.7. The number of nitrogens with zero attached hydrogens (tertiary/aromatic N) is 1. The zero-order valence-electron chi connectivity index (χ0n) is 11.9. The fourth-order valence-corrected chi connectivity index (χ4v) is 2.41. The molecule has 1 rings (SSSR count). The molecule has 108 valence electrons. The van der Waals surface area contributed by atoms with Crippen LogP contribution >= 0.6 is 23.4 Å². The van der Waals surface area contributed by atoms with Crippen LogP contribution in [0.4, 0.5) is 5.69 Å². The van der Waals surface area contributed by atoms with Crippen molar-refractivity contribution < 1.29 is 4.74 Å². The third kappa shape index (κ3) is 6.04. The van der Waals surface area contributed by atoms with Crippen LogP contribution in [0.3, 0.4) is 0 Å². The summed E-state index contributed by atoms with van der Waals surface area (Å²) in [4.78, 5) is 2.26. The van der Waals surface area contributed by atoms with Crippen LogP contribution in [0.5, 0.6) is 0 Å². The number of ether oxygens (including phenoxy) is 1. The average Bonchev–Trinajstić information content (AvgIpc) is 2.42. The molecule has 0 saturated carbocycles. The van der Waals surface area contributed by atoms with Gasteiger partial charge in [0, 0.05) is 50.3 Å². The molecule has 0 amide bonds. The van der Waals surface area contributed by atoms with E-state index in [2.05, 4.69) is 29.6 Å². The molecular formula is C14H23ClN2OS. The largest absolute Gasteiger partial charge is 0.383 e. The Morgan fingerprint density at radius 3 is 2.89 bits per heavy atom. The maximum Gasteiger partial charge on any atom is 0.0587 e. The lowest BCUT2D eigenvalue weighted by molar-refractivity contribution is 0.199. The minimum absolute atomic E-state index is 0.727. The zero-order chi connectivity index (χ0) is 14.1. The van der Waals surface area contributed by atoms with Crippen LogP contribution in [0.25, 0.3) is 0 Å². The van der Waals surface area contributed by atoms with E-state index in [-0.39, 0.29) is 0 Å². The summed E-state index contributed by atoms with van der Waals surface area (Å²) < 4.78 is 5.03. The highest BCUT2D eigenvalue weighted by atomic mass is 35.5. The van der Waals surface area contributed by atoms with E-state index in [1.807, 2.05) is 23.9 Å². The molecular weight excluding hydrogens is 280 g/mol. The Morgan fingerprint density at radius 2 is 2.21 bits per heavy atom. The number of hydrogen-bond acceptors (Lipinski definition) is 4. The van der Waals surface area contributed by atoms with Crippen molar-refractivity contribution in [3.05, 3.63) is 28.8 Å². The smallest absolute Gasteiger partial charge is 0.0587 e. The number of hydrogen-bond donors (Lipinski definition) is 1. The molecule has 1 aromatic carbocycles. The van der Waals surface area contributed by atoms with E-state index >= 15 is 0 Å². The second kappa shape index (κ2) is 9.48. The van der Waals surface area contributed by atoms with E-state index in [0.717, 1.165) is 37.0 Å². The molecule has 3 nitrogen and oxygen atoms in total. The summed E-state index contributed by atoms with van der Waals surface area (Å²) in [5, 5.41) is 4.16. The molecule has 0 unspecified atom stereocenters. The van der Waals surface area contributed by atoms with E-state index in [1.165, 1.54) is 11.3 Å². The van der Waals surface area contributed by atoms with Gasteiger partial charge in [0.1, 0.15) is 0 Å². The Balaban J connectivity index is 2.67. The molecule has 0 aliphatic heterocycles. The molecule has 0 atom stereocenters. The van der Waals surface area contributed by atoms with Gasteiger partial charge in [-0.3, -0.25) is 0 Å². The van der Waals surface area contributed by atoms with E-state index in [9.17, 15) is 0 Å². The molecule has 1 N–H and O–H groups in total. The van der Waals surface area contributed by atoms with E-state index in [1.54, 1.807) is 7.11 Å². The van der Waals surface area contributed by atoms with Crippen molar-refractivity contribution in [3.8, 4) is 0 Å². The molecule has 0 heterocycles. The summed E-state index contributed by atoms with van der Waals surface area (Å²) in [6, 6.07) is 6.07. The molecule has 1 aromatic rings. The summed E-state index contributed by atoms with van der Waals surface area (Å²) in [5.41, 5.74) is 2.47. The summed E-state index contributed by atoms with van der Waals surface area (Å²) >= 11 is 7.96. The third-order valence-corrected chi connectivity index (χ3v) is 3.71. The van der Waals surface area contributed by atoms with Gasteiger partial charge in [0.15, 0.2) is 0 Å². The second-order valence-corrected chi connectivity index (χ2v) is 5.78. The Bertz CT molecular complexity index is 376. The third-order valence-electron chi connectivity index (χ3n) is 2.89. The maximum absolute atomic E-state index is 6.11. The average molecular weight is 303 g/mol. The molecule has 0 aromatic heterocycles. The van der Waals surface area contributed by atoms with Crippen molar-refractivity contribution in [2.75, 3.05) is 50.8 Å². The first-order valence-electron chi connectivity index (χ1n) is 6.37. The molecule has 0 fully saturated rings. The van der Waals surface area contributed by atoms with Crippen molar-refractivity contribution in [2.24, 2.45) is 0 Å². The van der Waals surface area contributed by atoms with Crippen LogP contribution in [-0.4, -0.2) is 45.9 Å². The summed E-state index contributed by atoms with van der Waals surface area (Å²) in [7, 11) is 3.83. The SMILES string of the molecule is COCCNCc1ccc(Cl)cc1N(C)CCSC. The Hall–Kier alpha value is -0.420. The Kier molecular flexibility index (Phi) is 8.30. The quantitative estimate of drug-likeness (QED) is 0.709. The number of thioether (sulfide) groups is 1. The number of benzene rings is 1. The lowest BCUT2D eigenvalue weighted by Crippen LogP contribution is -2.24. The van der Waals surface area contributed by atoms with Crippen molar-refractivity contribution in [1.82, 2.24) is 5.32 Å². The van der Waals surface area contributed by atoms with Crippen LogP contribution in [0.15, 0.2) is 18.2 Å². The van der Waals surface area contributed by atoms with Crippen molar-refractivity contribution in [1.29, 1.82) is 0 Å². The fourth-order valence-electron chi connectivity index (χ4n) is 1.79. The fraction of sp³-hybridized carbons (Fsp3) is 0.571. The highest BCUT2D eigenvalue weighted by molar-refractivity contribution is 7.98. The second-order valence-electron chi connectivity index (χ2n) is 4.36. The number of halogens is 1.